The normalized spacial score (nSPS) is 12.7. The summed E-state index contributed by atoms with van der Waals surface area (Å²) >= 11 is 12.7. The number of carbonyl (C=O) groups excluding carboxylic acids is 2. The van der Waals surface area contributed by atoms with Gasteiger partial charge in [-0.1, -0.05) is 108 Å². The van der Waals surface area contributed by atoms with Crippen molar-refractivity contribution in [1.82, 2.24) is 0 Å². The number of hydrogen-bond donors (Lipinski definition) is 0. The minimum Gasteiger partial charge on any atom is -0.302 e. The van der Waals surface area contributed by atoms with Crippen LogP contribution in [-0.2, 0) is 4.57 Å². The van der Waals surface area contributed by atoms with Crippen molar-refractivity contribution in [3.8, 4) is 11.1 Å². The molecule has 0 aliphatic rings. The first kappa shape index (κ1) is 23.2. The van der Waals surface area contributed by atoms with Gasteiger partial charge in [-0.3, -0.25) is 9.59 Å². The molecule has 0 fully saturated rings. The Kier molecular flexibility index (Phi) is 6.67. The minimum absolute atomic E-state index is 0.0448. The maximum Gasteiger partial charge on any atom is 0.249 e. The predicted molar refractivity (Wildman–Crippen MR) is 135 cm³/mol. The van der Waals surface area contributed by atoms with Crippen LogP contribution in [0.15, 0.2) is 97.1 Å². The summed E-state index contributed by atoms with van der Waals surface area (Å²) in [6, 6.07) is 27.3. The Hall–Kier alpha value is -2.97. The van der Waals surface area contributed by atoms with Crippen LogP contribution in [0.4, 0.5) is 0 Å². The van der Waals surface area contributed by atoms with Gasteiger partial charge in [0, 0.05) is 10.9 Å². The Morgan fingerprint density at radius 3 is 1.82 bits per heavy atom. The van der Waals surface area contributed by atoms with Crippen LogP contribution in [-0.4, -0.2) is 11.0 Å². The lowest BCUT2D eigenvalue weighted by Gasteiger charge is -2.22. The molecule has 0 amide bonds. The van der Waals surface area contributed by atoms with Gasteiger partial charge in [-0.2, -0.15) is 0 Å². The molecule has 0 radical (unpaired) electrons. The van der Waals surface area contributed by atoms with Crippen LogP contribution >= 0.6 is 30.3 Å². The SMILES string of the molecule is Cc1cccc(-c2ccccc2)c1P(=O)(C(=O)c1ccccc1)C(=O)c1c(Cl)cccc1Cl. The van der Waals surface area contributed by atoms with Crippen molar-refractivity contribution < 1.29 is 14.2 Å². The monoisotopic (exact) mass is 492 g/mol. The molecule has 0 aliphatic carbocycles. The van der Waals surface area contributed by atoms with E-state index in [1.54, 1.807) is 55.5 Å². The van der Waals surface area contributed by atoms with Crippen LogP contribution < -0.4 is 5.30 Å². The second kappa shape index (κ2) is 9.49. The zero-order chi connectivity index (χ0) is 23.6. The molecule has 0 saturated carbocycles. The van der Waals surface area contributed by atoms with Crippen LogP contribution in [0.5, 0.6) is 0 Å². The van der Waals surface area contributed by atoms with Crippen molar-refractivity contribution >= 4 is 46.7 Å². The van der Waals surface area contributed by atoms with Gasteiger partial charge in [-0.05, 0) is 35.7 Å². The molecule has 4 aromatic rings. The van der Waals surface area contributed by atoms with E-state index in [9.17, 15) is 14.2 Å². The number of carbonyl (C=O) groups is 2. The lowest BCUT2D eigenvalue weighted by molar-refractivity contribution is 0.104. The number of benzene rings is 4. The van der Waals surface area contributed by atoms with Crippen LogP contribution in [0.1, 0.15) is 26.3 Å². The number of hydrogen-bond acceptors (Lipinski definition) is 3. The largest absolute Gasteiger partial charge is 0.302 e. The molecule has 1 unspecified atom stereocenters. The predicted octanol–water partition coefficient (Wildman–Crippen LogP) is 7.64. The lowest BCUT2D eigenvalue weighted by Crippen LogP contribution is -2.24. The third-order valence-corrected chi connectivity index (χ3v) is 8.89. The molecule has 4 rings (SSSR count). The molecule has 33 heavy (non-hydrogen) atoms. The van der Waals surface area contributed by atoms with E-state index in [1.165, 1.54) is 12.1 Å². The van der Waals surface area contributed by atoms with Gasteiger partial charge in [-0.25, -0.2) is 0 Å². The molecule has 0 N–H and O–H groups in total. The fourth-order valence-electron chi connectivity index (χ4n) is 3.85. The second-order valence-electron chi connectivity index (χ2n) is 7.52. The topological polar surface area (TPSA) is 51.2 Å². The molecule has 164 valence electrons. The highest BCUT2D eigenvalue weighted by molar-refractivity contribution is 8.01. The summed E-state index contributed by atoms with van der Waals surface area (Å²) in [6.07, 6.45) is 0. The summed E-state index contributed by atoms with van der Waals surface area (Å²) < 4.78 is 14.9. The molecular weight excluding hydrogens is 474 g/mol. The minimum atomic E-state index is -4.44. The van der Waals surface area contributed by atoms with Gasteiger partial charge >= 0.3 is 0 Å². The molecule has 0 bridgehead atoms. The van der Waals surface area contributed by atoms with E-state index in [1.807, 2.05) is 36.4 Å². The first-order chi connectivity index (χ1) is 15.9. The Morgan fingerprint density at radius 1 is 0.667 bits per heavy atom. The second-order valence-corrected chi connectivity index (χ2v) is 10.8. The third kappa shape index (κ3) is 4.20. The molecule has 4 aromatic carbocycles. The van der Waals surface area contributed by atoms with E-state index >= 15 is 0 Å². The van der Waals surface area contributed by atoms with Gasteiger partial charge in [0.05, 0.1) is 15.6 Å². The highest BCUT2D eigenvalue weighted by Crippen LogP contribution is 2.55. The molecule has 6 heteroatoms. The summed E-state index contributed by atoms with van der Waals surface area (Å²) in [6.45, 7) is 1.74. The van der Waals surface area contributed by atoms with E-state index < -0.39 is 18.2 Å². The van der Waals surface area contributed by atoms with E-state index in [0.29, 0.717) is 11.1 Å². The van der Waals surface area contributed by atoms with E-state index in [0.717, 1.165) is 5.56 Å². The summed E-state index contributed by atoms with van der Waals surface area (Å²) in [4.78, 5) is 27.9. The van der Waals surface area contributed by atoms with Gasteiger partial charge in [0.15, 0.2) is 0 Å². The molecule has 1 atom stereocenters. The maximum atomic E-state index is 14.9. The van der Waals surface area contributed by atoms with E-state index in [2.05, 4.69) is 0 Å². The third-order valence-electron chi connectivity index (χ3n) is 5.41. The average molecular weight is 493 g/mol. The number of aryl methyl sites for hydroxylation is 1. The molecule has 3 nitrogen and oxygen atoms in total. The smallest absolute Gasteiger partial charge is 0.249 e. The zero-order valence-electron chi connectivity index (χ0n) is 17.7. The van der Waals surface area contributed by atoms with Crippen LogP contribution in [0.2, 0.25) is 10.0 Å². The molecule has 0 aliphatic heterocycles. The average Bonchev–Trinajstić information content (AvgIpc) is 2.84. The highest BCUT2D eigenvalue weighted by atomic mass is 35.5. The van der Waals surface area contributed by atoms with Gasteiger partial charge in [0.2, 0.25) is 18.2 Å². The standard InChI is InChI=1S/C27H19Cl2O3P/c1-18-10-8-15-21(19-11-4-2-5-12-19)25(18)33(32,26(30)20-13-6-3-7-14-20)27(31)24-22(28)16-9-17-23(24)29/h2-17H,1H3. The quantitative estimate of drug-likeness (QED) is 0.260. The van der Waals surface area contributed by atoms with E-state index in [-0.39, 0.29) is 26.5 Å². The van der Waals surface area contributed by atoms with Crippen LogP contribution in [0, 0.1) is 6.92 Å². The lowest BCUT2D eigenvalue weighted by atomic mass is 10.0. The van der Waals surface area contributed by atoms with Gasteiger partial charge in [0.25, 0.3) is 0 Å². The number of halogens is 2. The first-order valence-electron chi connectivity index (χ1n) is 10.2. The van der Waals surface area contributed by atoms with Crippen molar-refractivity contribution in [2.24, 2.45) is 0 Å². The Morgan fingerprint density at radius 2 is 1.21 bits per heavy atom. The first-order valence-corrected chi connectivity index (χ1v) is 12.7. The van der Waals surface area contributed by atoms with Crippen molar-refractivity contribution in [3.63, 3.8) is 0 Å². The highest BCUT2D eigenvalue weighted by Gasteiger charge is 2.46. The van der Waals surface area contributed by atoms with Gasteiger partial charge < -0.3 is 4.57 Å². The molecular formula is C27H19Cl2O3P. The zero-order valence-corrected chi connectivity index (χ0v) is 20.1. The van der Waals surface area contributed by atoms with Gasteiger partial charge in [0.1, 0.15) is 0 Å². The molecule has 0 spiro atoms. The van der Waals surface area contributed by atoms with Crippen LogP contribution in [0.25, 0.3) is 11.1 Å². The van der Waals surface area contributed by atoms with Crippen LogP contribution in [0.3, 0.4) is 0 Å². The fraction of sp³-hybridized carbons (Fsp3) is 0.0370. The summed E-state index contributed by atoms with van der Waals surface area (Å²) in [5.74, 6) is 0. The Labute approximate surface area is 202 Å². The van der Waals surface area contributed by atoms with Crippen molar-refractivity contribution in [2.75, 3.05) is 0 Å². The maximum absolute atomic E-state index is 14.9. The molecule has 0 heterocycles. The van der Waals surface area contributed by atoms with Crippen molar-refractivity contribution in [2.45, 2.75) is 6.92 Å². The summed E-state index contributed by atoms with van der Waals surface area (Å²) in [5, 5.41) is 0.290. The Balaban J connectivity index is 2.07. The van der Waals surface area contributed by atoms with Crippen molar-refractivity contribution in [3.05, 3.63) is 124 Å². The summed E-state index contributed by atoms with van der Waals surface area (Å²) in [5.41, 5.74) is 0.305. The fourth-order valence-corrected chi connectivity index (χ4v) is 7.32. The van der Waals surface area contributed by atoms with Crippen molar-refractivity contribution in [1.29, 1.82) is 0 Å². The summed E-state index contributed by atoms with van der Waals surface area (Å²) in [7, 11) is -4.44. The molecule has 0 saturated heterocycles. The van der Waals surface area contributed by atoms with E-state index in [4.69, 9.17) is 23.2 Å². The Bertz CT molecular complexity index is 1380. The van der Waals surface area contributed by atoms with Gasteiger partial charge in [-0.15, -0.1) is 0 Å². The number of rotatable bonds is 6. The molecule has 0 aromatic heterocycles.